The predicted molar refractivity (Wildman–Crippen MR) is 53.8 cm³/mol. The van der Waals surface area contributed by atoms with Crippen LogP contribution in [0.1, 0.15) is 6.42 Å². The molecule has 0 aromatic carbocycles. The molecule has 2 N–H and O–H groups in total. The van der Waals surface area contributed by atoms with Gasteiger partial charge in [0.1, 0.15) is 12.2 Å². The Kier molecular flexibility index (Phi) is 6.34. The quantitative estimate of drug-likeness (QED) is 0.493. The molecule has 0 bridgehead atoms. The van der Waals surface area contributed by atoms with Gasteiger partial charge in [-0.3, -0.25) is 0 Å². The van der Waals surface area contributed by atoms with Crippen LogP contribution in [0.2, 0.25) is 0 Å². The van der Waals surface area contributed by atoms with Crippen molar-refractivity contribution in [1.29, 1.82) is 0 Å². The molecule has 0 radical (unpaired) electrons. The highest BCUT2D eigenvalue weighted by atomic mass is 16.6. The molecule has 2 aliphatic rings. The number of aliphatic hydroxyl groups excluding tert-OH is 2. The van der Waals surface area contributed by atoms with Crippen LogP contribution in [0.15, 0.2) is 12.3 Å². The minimum absolute atomic E-state index is 0.108. The van der Waals surface area contributed by atoms with Crippen LogP contribution in [0.4, 0.5) is 0 Å². The largest absolute Gasteiger partial charge is 0.516 e. The lowest BCUT2D eigenvalue weighted by atomic mass is 10.5. The molecule has 0 aromatic rings. The maximum absolute atomic E-state index is 8.04. The van der Waals surface area contributed by atoms with Crippen LogP contribution in [-0.2, 0) is 14.2 Å². The second-order valence-corrected chi connectivity index (χ2v) is 3.35. The number of ether oxygens (including phenoxy) is 3. The Morgan fingerprint density at radius 3 is 2.00 bits per heavy atom. The summed E-state index contributed by atoms with van der Waals surface area (Å²) in [6.45, 7) is 3.37. The van der Waals surface area contributed by atoms with E-state index in [1.807, 2.05) is 0 Å². The molecular formula is C10H18O5. The summed E-state index contributed by atoms with van der Waals surface area (Å²) >= 11 is 0. The van der Waals surface area contributed by atoms with E-state index in [1.54, 1.807) is 0 Å². The van der Waals surface area contributed by atoms with Crippen molar-refractivity contribution in [2.45, 2.75) is 18.6 Å². The molecule has 0 saturated carbocycles. The Bertz CT molecular complexity index is 163. The highest BCUT2D eigenvalue weighted by molar-refractivity contribution is 4.71. The van der Waals surface area contributed by atoms with E-state index in [2.05, 4.69) is 0 Å². The van der Waals surface area contributed by atoms with Gasteiger partial charge in [0.25, 0.3) is 0 Å². The second kappa shape index (κ2) is 7.64. The topological polar surface area (TPSA) is 74.8 Å². The molecule has 5 heteroatoms. The zero-order valence-corrected chi connectivity index (χ0v) is 8.67. The third kappa shape index (κ3) is 8.38. The average molecular weight is 218 g/mol. The normalized spacial score (nSPS) is 27.3. The van der Waals surface area contributed by atoms with Crippen molar-refractivity contribution in [2.24, 2.45) is 0 Å². The van der Waals surface area contributed by atoms with E-state index in [1.165, 1.54) is 6.08 Å². The Morgan fingerprint density at radius 2 is 1.73 bits per heavy atom. The standard InChI is InChI=1S/C6H10O3.C4H8O2/c1(5-3-8-5)7-2-6-4-9-6;5-3-1-2-4-6/h5-6H,1-4H2;1,3,5-6H,2,4H2/b;3-1+. The summed E-state index contributed by atoms with van der Waals surface area (Å²) in [6.07, 6.45) is 3.74. The average Bonchev–Trinajstić information content (AvgIpc) is 3.08. The summed E-state index contributed by atoms with van der Waals surface area (Å²) in [5.74, 6) is 0. The highest BCUT2D eigenvalue weighted by Crippen LogP contribution is 2.12. The van der Waals surface area contributed by atoms with E-state index < -0.39 is 0 Å². The third-order valence-electron chi connectivity index (χ3n) is 1.81. The van der Waals surface area contributed by atoms with Gasteiger partial charge < -0.3 is 24.4 Å². The molecule has 2 atom stereocenters. The van der Waals surface area contributed by atoms with Gasteiger partial charge in [0.2, 0.25) is 0 Å². The van der Waals surface area contributed by atoms with Gasteiger partial charge in [0.15, 0.2) is 0 Å². The van der Waals surface area contributed by atoms with Gasteiger partial charge in [-0.25, -0.2) is 0 Å². The van der Waals surface area contributed by atoms with Crippen LogP contribution < -0.4 is 0 Å². The molecular weight excluding hydrogens is 200 g/mol. The fourth-order valence-corrected chi connectivity index (χ4v) is 0.809. The zero-order chi connectivity index (χ0) is 10.9. The first-order chi connectivity index (χ1) is 7.36. The lowest BCUT2D eigenvalue weighted by molar-refractivity contribution is 0.102. The van der Waals surface area contributed by atoms with Gasteiger partial charge >= 0.3 is 0 Å². The van der Waals surface area contributed by atoms with Gasteiger partial charge in [0, 0.05) is 6.61 Å². The minimum atomic E-state index is 0.108. The van der Waals surface area contributed by atoms with Crippen LogP contribution >= 0.6 is 0 Å². The molecule has 5 nitrogen and oxygen atoms in total. The first kappa shape index (κ1) is 12.4. The SMILES string of the molecule is C(OCC1CO1)C1CO1.O/C=C/CCO. The Labute approximate surface area is 89.3 Å². The van der Waals surface area contributed by atoms with Crippen molar-refractivity contribution >= 4 is 0 Å². The fraction of sp³-hybridized carbons (Fsp3) is 0.800. The number of epoxide rings is 2. The van der Waals surface area contributed by atoms with E-state index in [0.29, 0.717) is 18.6 Å². The van der Waals surface area contributed by atoms with Crippen molar-refractivity contribution < 1.29 is 24.4 Å². The van der Waals surface area contributed by atoms with Gasteiger partial charge in [-0.2, -0.15) is 0 Å². The molecule has 2 aliphatic heterocycles. The Morgan fingerprint density at radius 1 is 1.20 bits per heavy atom. The van der Waals surface area contributed by atoms with Gasteiger partial charge in [-0.1, -0.05) is 0 Å². The number of hydrogen-bond donors (Lipinski definition) is 2. The number of hydrogen-bond acceptors (Lipinski definition) is 5. The van der Waals surface area contributed by atoms with Crippen molar-refractivity contribution in [3.63, 3.8) is 0 Å². The van der Waals surface area contributed by atoms with E-state index in [0.717, 1.165) is 32.7 Å². The van der Waals surface area contributed by atoms with E-state index >= 15 is 0 Å². The van der Waals surface area contributed by atoms with Crippen molar-refractivity contribution in [1.82, 2.24) is 0 Å². The predicted octanol–water partition coefficient (Wildman–Crippen LogP) is 0.241. The van der Waals surface area contributed by atoms with Crippen LogP contribution in [0, 0.1) is 0 Å². The van der Waals surface area contributed by atoms with Crippen LogP contribution in [-0.4, -0.2) is 55.5 Å². The molecule has 0 aliphatic carbocycles. The molecule has 2 unspecified atom stereocenters. The number of rotatable bonds is 6. The minimum Gasteiger partial charge on any atom is -0.516 e. The summed E-state index contributed by atoms with van der Waals surface area (Å²) in [5, 5.41) is 15.9. The summed E-state index contributed by atoms with van der Waals surface area (Å²) in [5.41, 5.74) is 0. The second-order valence-electron chi connectivity index (χ2n) is 3.35. The molecule has 2 saturated heterocycles. The molecule has 2 heterocycles. The molecule has 2 rings (SSSR count). The zero-order valence-electron chi connectivity index (χ0n) is 8.67. The molecule has 0 spiro atoms. The lowest BCUT2D eigenvalue weighted by Crippen LogP contribution is -2.06. The first-order valence-corrected chi connectivity index (χ1v) is 5.08. The molecule has 0 aromatic heterocycles. The molecule has 0 amide bonds. The van der Waals surface area contributed by atoms with Crippen LogP contribution in [0.25, 0.3) is 0 Å². The van der Waals surface area contributed by atoms with Crippen molar-refractivity contribution in [3.8, 4) is 0 Å². The lowest BCUT2D eigenvalue weighted by Gasteiger charge is -1.95. The third-order valence-corrected chi connectivity index (χ3v) is 1.81. The summed E-state index contributed by atoms with van der Waals surface area (Å²) in [7, 11) is 0. The maximum atomic E-state index is 8.04. The summed E-state index contributed by atoms with van der Waals surface area (Å²) in [6, 6.07) is 0. The van der Waals surface area contributed by atoms with Gasteiger partial charge in [0.05, 0.1) is 32.7 Å². The monoisotopic (exact) mass is 218 g/mol. The summed E-state index contributed by atoms with van der Waals surface area (Å²) < 4.78 is 15.1. The highest BCUT2D eigenvalue weighted by Gasteiger charge is 2.26. The molecule has 2 fully saturated rings. The molecule has 88 valence electrons. The van der Waals surface area contributed by atoms with E-state index in [9.17, 15) is 0 Å². The van der Waals surface area contributed by atoms with Crippen LogP contribution in [0.5, 0.6) is 0 Å². The van der Waals surface area contributed by atoms with Gasteiger partial charge in [-0.15, -0.1) is 0 Å². The molecule has 15 heavy (non-hydrogen) atoms. The maximum Gasteiger partial charge on any atom is 0.104 e. The van der Waals surface area contributed by atoms with Crippen LogP contribution in [0.3, 0.4) is 0 Å². The summed E-state index contributed by atoms with van der Waals surface area (Å²) in [4.78, 5) is 0. The van der Waals surface area contributed by atoms with E-state index in [4.69, 9.17) is 24.4 Å². The first-order valence-electron chi connectivity index (χ1n) is 5.08. The van der Waals surface area contributed by atoms with E-state index in [-0.39, 0.29) is 6.61 Å². The van der Waals surface area contributed by atoms with Crippen molar-refractivity contribution in [2.75, 3.05) is 33.0 Å². The number of aliphatic hydroxyl groups is 2. The van der Waals surface area contributed by atoms with Gasteiger partial charge in [-0.05, 0) is 12.5 Å². The Balaban J connectivity index is 0.000000167. The van der Waals surface area contributed by atoms with Crippen molar-refractivity contribution in [3.05, 3.63) is 12.3 Å². The fourth-order valence-electron chi connectivity index (χ4n) is 0.809. The Hall–Kier alpha value is -0.620. The smallest absolute Gasteiger partial charge is 0.104 e.